The molecule has 0 spiro atoms. The normalized spacial score (nSPS) is 10.7. The second-order valence-electron chi connectivity index (χ2n) is 5.09. The van der Waals surface area contributed by atoms with Crippen LogP contribution in [0.5, 0.6) is 11.5 Å². The molecule has 1 rings (SSSR count). The summed E-state index contributed by atoms with van der Waals surface area (Å²) in [5, 5.41) is 6.24. The van der Waals surface area contributed by atoms with Crippen molar-refractivity contribution in [3.05, 3.63) is 23.8 Å². The molecule has 126 valence electrons. The van der Waals surface area contributed by atoms with E-state index in [0.29, 0.717) is 23.7 Å². The third kappa shape index (κ3) is 6.37. The van der Waals surface area contributed by atoms with Crippen LogP contribution < -0.4 is 20.2 Å². The Morgan fingerprint density at radius 3 is 2.61 bits per heavy atom. The predicted molar refractivity (Wildman–Crippen MR) is 87.8 cm³/mol. The molecule has 0 aliphatic heterocycles. The Balaban J connectivity index is 2.69. The zero-order valence-electron chi connectivity index (χ0n) is 13.9. The number of amides is 2. The Morgan fingerprint density at radius 1 is 1.26 bits per heavy atom. The summed E-state index contributed by atoms with van der Waals surface area (Å²) in [7, 11) is 1.56. The van der Waals surface area contributed by atoms with Crippen LogP contribution in [-0.2, 0) is 9.59 Å². The maximum Gasteiger partial charge on any atom is 0.329 e. The summed E-state index contributed by atoms with van der Waals surface area (Å²) in [4.78, 5) is 22.9. The smallest absolute Gasteiger partial charge is 0.329 e. The first-order valence-electron chi connectivity index (χ1n) is 7.42. The van der Waals surface area contributed by atoms with Crippen LogP contribution >= 0.6 is 0 Å². The van der Waals surface area contributed by atoms with Gasteiger partial charge in [-0.25, -0.2) is 5.43 Å². The fraction of sp³-hybridized carbons (Fsp3) is 0.438. The molecular weight excluding hydrogens is 298 g/mol. The fourth-order valence-corrected chi connectivity index (χ4v) is 1.64. The van der Waals surface area contributed by atoms with Crippen molar-refractivity contribution >= 4 is 18.0 Å². The number of hydrogen-bond donors (Lipinski definition) is 2. The molecule has 0 aromatic heterocycles. The third-order valence-electron chi connectivity index (χ3n) is 2.66. The minimum atomic E-state index is -0.814. The van der Waals surface area contributed by atoms with Crippen molar-refractivity contribution in [1.29, 1.82) is 0 Å². The van der Waals surface area contributed by atoms with Gasteiger partial charge in [0.05, 0.1) is 19.9 Å². The predicted octanol–water partition coefficient (Wildman–Crippen LogP) is 1.46. The highest BCUT2D eigenvalue weighted by Gasteiger charge is 2.13. The van der Waals surface area contributed by atoms with Crippen LogP contribution in [0.3, 0.4) is 0 Å². The quantitative estimate of drug-likeness (QED) is 0.452. The van der Waals surface area contributed by atoms with Gasteiger partial charge in [0.1, 0.15) is 0 Å². The monoisotopic (exact) mass is 321 g/mol. The van der Waals surface area contributed by atoms with Crippen molar-refractivity contribution in [2.75, 3.05) is 13.7 Å². The first-order chi connectivity index (χ1) is 11.0. The summed E-state index contributed by atoms with van der Waals surface area (Å²) in [6, 6.07) is 5.15. The Morgan fingerprint density at radius 2 is 2.00 bits per heavy atom. The number of methoxy groups -OCH3 is 1. The van der Waals surface area contributed by atoms with E-state index in [0.717, 1.165) is 6.42 Å². The molecule has 2 N–H and O–H groups in total. The number of benzene rings is 1. The van der Waals surface area contributed by atoms with E-state index in [4.69, 9.17) is 9.47 Å². The first-order valence-corrected chi connectivity index (χ1v) is 7.42. The minimum Gasteiger partial charge on any atom is -0.493 e. The highest BCUT2D eigenvalue weighted by molar-refractivity contribution is 6.35. The minimum absolute atomic E-state index is 0.114. The highest BCUT2D eigenvalue weighted by atomic mass is 16.5. The third-order valence-corrected chi connectivity index (χ3v) is 2.66. The molecule has 0 aliphatic rings. The zero-order valence-corrected chi connectivity index (χ0v) is 13.9. The molecule has 0 heterocycles. The zero-order chi connectivity index (χ0) is 17.2. The second kappa shape index (κ2) is 9.45. The molecule has 1 aromatic carbocycles. The Labute approximate surface area is 136 Å². The van der Waals surface area contributed by atoms with Crippen molar-refractivity contribution in [1.82, 2.24) is 10.7 Å². The summed E-state index contributed by atoms with van der Waals surface area (Å²) in [6.07, 6.45) is 2.31. The second-order valence-corrected chi connectivity index (χ2v) is 5.09. The summed E-state index contributed by atoms with van der Waals surface area (Å²) in [6.45, 7) is 6.12. The molecule has 0 radical (unpaired) electrons. The van der Waals surface area contributed by atoms with Crippen molar-refractivity contribution in [2.24, 2.45) is 5.10 Å². The van der Waals surface area contributed by atoms with E-state index in [9.17, 15) is 9.59 Å². The van der Waals surface area contributed by atoms with E-state index in [1.807, 2.05) is 6.92 Å². The van der Waals surface area contributed by atoms with Gasteiger partial charge in [-0.2, -0.15) is 5.10 Å². The molecule has 1 aromatic rings. The van der Waals surface area contributed by atoms with Gasteiger partial charge in [-0.1, -0.05) is 6.92 Å². The van der Waals surface area contributed by atoms with Gasteiger partial charge in [-0.05, 0) is 44.0 Å². The van der Waals surface area contributed by atoms with Gasteiger partial charge in [-0.15, -0.1) is 0 Å². The number of nitrogens with one attached hydrogen (secondary N) is 2. The van der Waals surface area contributed by atoms with E-state index in [1.165, 1.54) is 6.21 Å². The molecule has 0 saturated carbocycles. The number of rotatable bonds is 7. The van der Waals surface area contributed by atoms with E-state index in [2.05, 4.69) is 15.8 Å². The molecule has 7 heteroatoms. The molecular formula is C16H23N3O4. The van der Waals surface area contributed by atoms with E-state index >= 15 is 0 Å². The summed E-state index contributed by atoms with van der Waals surface area (Å²) >= 11 is 0. The fourth-order valence-electron chi connectivity index (χ4n) is 1.64. The van der Waals surface area contributed by atoms with Crippen LogP contribution in [-0.4, -0.2) is 37.8 Å². The summed E-state index contributed by atoms with van der Waals surface area (Å²) in [5.74, 6) is -0.317. The Bertz CT molecular complexity index is 570. The molecule has 0 atom stereocenters. The van der Waals surface area contributed by atoms with Gasteiger partial charge in [0.15, 0.2) is 11.5 Å². The van der Waals surface area contributed by atoms with Gasteiger partial charge in [-0.3, -0.25) is 9.59 Å². The number of hydrogen-bond acceptors (Lipinski definition) is 5. The molecule has 0 bridgehead atoms. The lowest BCUT2D eigenvalue weighted by Gasteiger charge is -2.10. The number of carbonyl (C=O) groups excluding carboxylic acids is 2. The standard InChI is InChI=1S/C16H23N3O4/c1-5-8-23-14-9-12(6-7-13(14)22-4)10-17-19-16(21)15(20)18-11(2)3/h6-7,9-11H,5,8H2,1-4H3,(H,18,20)(H,19,21)/b17-10-. The number of nitrogens with zero attached hydrogens (tertiary/aromatic N) is 1. The molecule has 0 saturated heterocycles. The number of carbonyl (C=O) groups is 2. The first kappa shape index (κ1) is 18.5. The average Bonchev–Trinajstić information content (AvgIpc) is 2.52. The van der Waals surface area contributed by atoms with Gasteiger partial charge in [0.25, 0.3) is 0 Å². The number of ether oxygens (including phenoxy) is 2. The maximum absolute atomic E-state index is 11.5. The van der Waals surface area contributed by atoms with Gasteiger partial charge in [0, 0.05) is 6.04 Å². The maximum atomic E-state index is 11.5. The molecule has 0 unspecified atom stereocenters. The van der Waals surface area contributed by atoms with Gasteiger partial charge in [0.2, 0.25) is 0 Å². The van der Waals surface area contributed by atoms with Crippen molar-refractivity contribution in [2.45, 2.75) is 33.2 Å². The Kier molecular flexibility index (Phi) is 7.59. The molecule has 0 fully saturated rings. The van der Waals surface area contributed by atoms with E-state index in [1.54, 1.807) is 39.2 Å². The lowest BCUT2D eigenvalue weighted by Crippen LogP contribution is -2.41. The SMILES string of the molecule is CCCOc1cc(/C=N\NC(=O)C(=O)NC(C)C)ccc1OC. The van der Waals surface area contributed by atoms with Crippen LogP contribution in [0.4, 0.5) is 0 Å². The van der Waals surface area contributed by atoms with E-state index in [-0.39, 0.29) is 6.04 Å². The van der Waals surface area contributed by atoms with Crippen LogP contribution in [0, 0.1) is 0 Å². The molecule has 2 amide bonds. The largest absolute Gasteiger partial charge is 0.493 e. The van der Waals surface area contributed by atoms with Crippen molar-refractivity contribution in [3.63, 3.8) is 0 Å². The van der Waals surface area contributed by atoms with Gasteiger partial charge < -0.3 is 14.8 Å². The lowest BCUT2D eigenvalue weighted by atomic mass is 10.2. The van der Waals surface area contributed by atoms with Crippen molar-refractivity contribution < 1.29 is 19.1 Å². The van der Waals surface area contributed by atoms with Crippen LogP contribution in [0.15, 0.2) is 23.3 Å². The number of hydrazone groups is 1. The molecule has 7 nitrogen and oxygen atoms in total. The van der Waals surface area contributed by atoms with E-state index < -0.39 is 11.8 Å². The van der Waals surface area contributed by atoms with Crippen LogP contribution in [0.2, 0.25) is 0 Å². The molecule has 0 aliphatic carbocycles. The Hall–Kier alpha value is -2.57. The van der Waals surface area contributed by atoms with Crippen LogP contribution in [0.1, 0.15) is 32.8 Å². The summed E-state index contributed by atoms with van der Waals surface area (Å²) < 4.78 is 10.8. The average molecular weight is 321 g/mol. The van der Waals surface area contributed by atoms with Gasteiger partial charge >= 0.3 is 11.8 Å². The lowest BCUT2D eigenvalue weighted by molar-refractivity contribution is -0.139. The van der Waals surface area contributed by atoms with Crippen molar-refractivity contribution in [3.8, 4) is 11.5 Å². The molecule has 23 heavy (non-hydrogen) atoms. The van der Waals surface area contributed by atoms with Crippen LogP contribution in [0.25, 0.3) is 0 Å². The highest BCUT2D eigenvalue weighted by Crippen LogP contribution is 2.27. The topological polar surface area (TPSA) is 89.0 Å². The summed E-state index contributed by atoms with van der Waals surface area (Å²) in [5.41, 5.74) is 2.88.